The lowest BCUT2D eigenvalue weighted by atomic mass is 10.1. The fraction of sp³-hybridized carbons (Fsp3) is 0.357. The number of rotatable bonds is 5. The van der Waals surface area contributed by atoms with Gasteiger partial charge in [0.15, 0.2) is 5.03 Å². The number of hydrogen-bond acceptors (Lipinski definition) is 4. The van der Waals surface area contributed by atoms with Gasteiger partial charge in [-0.2, -0.15) is 4.31 Å². The summed E-state index contributed by atoms with van der Waals surface area (Å²) in [7, 11) is -0.286. The van der Waals surface area contributed by atoms with Crippen molar-refractivity contribution in [3.8, 4) is 0 Å². The molecule has 0 aliphatic rings. The zero-order chi connectivity index (χ0) is 15.6. The lowest BCUT2D eigenvalue weighted by Gasteiger charge is -2.17. The van der Waals surface area contributed by atoms with Crippen LogP contribution in [-0.4, -0.2) is 29.3 Å². The minimum absolute atomic E-state index is 0.0650. The molecule has 21 heavy (non-hydrogen) atoms. The Morgan fingerprint density at radius 1 is 1.29 bits per heavy atom. The van der Waals surface area contributed by atoms with Crippen molar-refractivity contribution in [2.45, 2.75) is 25.0 Å². The third kappa shape index (κ3) is 3.15. The Morgan fingerprint density at radius 2 is 1.90 bits per heavy atom. The van der Waals surface area contributed by atoms with Gasteiger partial charge in [-0.3, -0.25) is 0 Å². The van der Waals surface area contributed by atoms with Gasteiger partial charge in [-0.1, -0.05) is 24.3 Å². The molecule has 0 saturated heterocycles. The summed E-state index contributed by atoms with van der Waals surface area (Å²) in [5.41, 5.74) is 7.53. The number of nitrogens with two attached hydrogens (primary N) is 1. The number of aryl methyl sites for hydroxylation is 2. The van der Waals surface area contributed by atoms with Gasteiger partial charge in [-0.05, 0) is 18.1 Å². The number of benzene rings is 1. The van der Waals surface area contributed by atoms with Gasteiger partial charge in [-0.25, -0.2) is 13.4 Å². The fourth-order valence-corrected chi connectivity index (χ4v) is 3.21. The van der Waals surface area contributed by atoms with Crippen molar-refractivity contribution >= 4 is 10.0 Å². The van der Waals surface area contributed by atoms with Crippen LogP contribution in [0.2, 0.25) is 0 Å². The monoisotopic (exact) mass is 308 g/mol. The second kappa shape index (κ2) is 5.97. The highest BCUT2D eigenvalue weighted by atomic mass is 32.2. The predicted octanol–water partition coefficient (Wildman–Crippen LogP) is 1.01. The summed E-state index contributed by atoms with van der Waals surface area (Å²) in [6.45, 7) is 2.42. The van der Waals surface area contributed by atoms with E-state index < -0.39 is 10.0 Å². The van der Waals surface area contributed by atoms with Gasteiger partial charge in [0.2, 0.25) is 0 Å². The summed E-state index contributed by atoms with van der Waals surface area (Å²) in [6, 6.07) is 7.56. The summed E-state index contributed by atoms with van der Waals surface area (Å²) < 4.78 is 28.0. The molecule has 0 fully saturated rings. The van der Waals surface area contributed by atoms with E-state index in [9.17, 15) is 8.42 Å². The maximum Gasteiger partial charge on any atom is 0.262 e. The molecule has 0 amide bonds. The lowest BCUT2D eigenvalue weighted by Crippen LogP contribution is -2.27. The van der Waals surface area contributed by atoms with Gasteiger partial charge in [0.1, 0.15) is 5.82 Å². The van der Waals surface area contributed by atoms with E-state index in [4.69, 9.17) is 5.73 Å². The van der Waals surface area contributed by atoms with Crippen molar-refractivity contribution < 1.29 is 8.42 Å². The van der Waals surface area contributed by atoms with E-state index in [1.165, 1.54) is 10.5 Å². The molecule has 1 aromatic heterocycles. The van der Waals surface area contributed by atoms with Crippen LogP contribution in [0.1, 0.15) is 17.0 Å². The Kier molecular flexibility index (Phi) is 4.46. The smallest absolute Gasteiger partial charge is 0.262 e. The summed E-state index contributed by atoms with van der Waals surface area (Å²) in [5.74, 6) is 0.657. The molecule has 2 aromatic rings. The normalized spacial score (nSPS) is 12.0. The van der Waals surface area contributed by atoms with Crippen molar-refractivity contribution in [3.63, 3.8) is 0 Å². The van der Waals surface area contributed by atoms with Crippen LogP contribution in [0.5, 0.6) is 0 Å². The first-order valence-electron chi connectivity index (χ1n) is 6.59. The van der Waals surface area contributed by atoms with Crippen molar-refractivity contribution in [1.29, 1.82) is 0 Å². The molecule has 0 unspecified atom stereocenters. The zero-order valence-corrected chi connectivity index (χ0v) is 13.3. The molecular formula is C14H20N4O2S. The molecule has 0 aliphatic heterocycles. The second-order valence-corrected chi connectivity index (χ2v) is 6.96. The summed E-state index contributed by atoms with van der Waals surface area (Å²) >= 11 is 0. The molecule has 0 saturated carbocycles. The molecule has 1 heterocycles. The molecule has 0 bridgehead atoms. The molecule has 2 N–H and O–H groups in total. The average molecular weight is 308 g/mol. The van der Waals surface area contributed by atoms with Gasteiger partial charge >= 0.3 is 0 Å². The third-order valence-corrected chi connectivity index (χ3v) is 5.17. The van der Waals surface area contributed by atoms with Crippen LogP contribution in [0.4, 0.5) is 0 Å². The molecule has 0 atom stereocenters. The van der Waals surface area contributed by atoms with E-state index >= 15 is 0 Å². The fourth-order valence-electron chi connectivity index (χ4n) is 2.05. The largest absolute Gasteiger partial charge is 0.337 e. The van der Waals surface area contributed by atoms with Crippen LogP contribution in [0.15, 0.2) is 35.5 Å². The molecule has 1 aromatic carbocycles. The van der Waals surface area contributed by atoms with Crippen LogP contribution in [0.3, 0.4) is 0 Å². The molecular weight excluding hydrogens is 288 g/mol. The third-order valence-electron chi connectivity index (χ3n) is 3.49. The van der Waals surface area contributed by atoms with Gasteiger partial charge in [-0.15, -0.1) is 0 Å². The summed E-state index contributed by atoms with van der Waals surface area (Å²) in [4.78, 5) is 4.10. The Morgan fingerprint density at radius 3 is 2.43 bits per heavy atom. The molecule has 0 aliphatic carbocycles. The maximum atomic E-state index is 12.5. The van der Waals surface area contributed by atoms with Crippen molar-refractivity contribution in [1.82, 2.24) is 13.9 Å². The van der Waals surface area contributed by atoms with Crippen LogP contribution in [-0.2, 0) is 30.2 Å². The van der Waals surface area contributed by atoms with E-state index in [1.54, 1.807) is 25.6 Å². The highest BCUT2D eigenvalue weighted by molar-refractivity contribution is 7.89. The van der Waals surface area contributed by atoms with Crippen LogP contribution >= 0.6 is 0 Å². The van der Waals surface area contributed by atoms with Gasteiger partial charge in [0.25, 0.3) is 10.0 Å². The SMILES string of the molecule is Cc1nc(S(=O)(=O)N(C)Cc2ccccc2CN)cn1C. The highest BCUT2D eigenvalue weighted by Gasteiger charge is 2.24. The predicted molar refractivity (Wildman–Crippen MR) is 80.9 cm³/mol. The van der Waals surface area contributed by atoms with E-state index in [0.717, 1.165) is 11.1 Å². The maximum absolute atomic E-state index is 12.5. The molecule has 0 radical (unpaired) electrons. The molecule has 2 rings (SSSR count). The van der Waals surface area contributed by atoms with E-state index in [-0.39, 0.29) is 11.6 Å². The molecule has 114 valence electrons. The first-order chi connectivity index (χ1) is 9.86. The van der Waals surface area contributed by atoms with E-state index in [0.29, 0.717) is 12.4 Å². The Hall–Kier alpha value is -1.70. The first kappa shape index (κ1) is 15.7. The van der Waals surface area contributed by atoms with Gasteiger partial charge in [0.05, 0.1) is 0 Å². The molecule has 0 spiro atoms. The zero-order valence-electron chi connectivity index (χ0n) is 12.4. The second-order valence-electron chi connectivity index (χ2n) is 4.97. The lowest BCUT2D eigenvalue weighted by molar-refractivity contribution is 0.463. The number of hydrogen-bond donors (Lipinski definition) is 1. The quantitative estimate of drug-likeness (QED) is 0.894. The number of imidazole rings is 1. The van der Waals surface area contributed by atoms with Crippen molar-refractivity contribution in [3.05, 3.63) is 47.4 Å². The Balaban J connectivity index is 2.28. The van der Waals surface area contributed by atoms with Gasteiger partial charge < -0.3 is 10.3 Å². The summed E-state index contributed by atoms with van der Waals surface area (Å²) in [5, 5.41) is 0.0650. The minimum atomic E-state index is -3.60. The van der Waals surface area contributed by atoms with Gasteiger partial charge in [0, 0.05) is 33.4 Å². The number of nitrogens with zero attached hydrogens (tertiary/aromatic N) is 3. The average Bonchev–Trinajstić information content (AvgIpc) is 2.80. The Bertz CT molecular complexity index is 718. The summed E-state index contributed by atoms with van der Waals surface area (Å²) in [6.07, 6.45) is 1.52. The van der Waals surface area contributed by atoms with Crippen LogP contribution in [0.25, 0.3) is 0 Å². The first-order valence-corrected chi connectivity index (χ1v) is 8.03. The molecule has 6 nitrogen and oxygen atoms in total. The van der Waals surface area contributed by atoms with Crippen molar-refractivity contribution in [2.24, 2.45) is 12.8 Å². The van der Waals surface area contributed by atoms with E-state index in [2.05, 4.69) is 4.98 Å². The van der Waals surface area contributed by atoms with Crippen LogP contribution in [0, 0.1) is 6.92 Å². The minimum Gasteiger partial charge on any atom is -0.337 e. The number of sulfonamides is 1. The Labute approximate surface area is 125 Å². The molecule has 7 heteroatoms. The number of aromatic nitrogens is 2. The standard InChI is InChI=1S/C14H20N4O2S/c1-11-16-14(10-17(11)2)21(19,20)18(3)9-13-7-5-4-6-12(13)8-15/h4-7,10H,8-9,15H2,1-3H3. The van der Waals surface area contributed by atoms with E-state index in [1.807, 2.05) is 24.3 Å². The topological polar surface area (TPSA) is 81.2 Å². The van der Waals surface area contributed by atoms with Crippen LogP contribution < -0.4 is 5.73 Å². The highest BCUT2D eigenvalue weighted by Crippen LogP contribution is 2.17. The van der Waals surface area contributed by atoms with Crippen molar-refractivity contribution in [2.75, 3.05) is 7.05 Å².